The number of benzene rings is 1. The molecule has 0 amide bonds. The average molecular weight is 276 g/mol. The first-order valence-corrected chi connectivity index (χ1v) is 4.48. The van der Waals surface area contributed by atoms with Gasteiger partial charge in [-0.15, -0.1) is 0 Å². The molecule has 5 nitrogen and oxygen atoms in total. The molecule has 2 N–H and O–H groups in total. The van der Waals surface area contributed by atoms with Gasteiger partial charge in [0.15, 0.2) is 0 Å². The van der Waals surface area contributed by atoms with Crippen molar-refractivity contribution in [2.45, 2.75) is 0 Å². The molecule has 0 aliphatic rings. The Kier molecular flexibility index (Phi) is 2.93. The maximum Gasteiger partial charge on any atom is 0.295 e. The zero-order valence-electron chi connectivity index (χ0n) is 6.62. The molecule has 0 aliphatic carbocycles. The molecule has 7 heteroatoms. The summed E-state index contributed by atoms with van der Waals surface area (Å²) in [5.41, 5.74) is 4.96. The summed E-state index contributed by atoms with van der Waals surface area (Å²) in [6.07, 6.45) is 0. The Hall–Kier alpha value is -1.32. The topological polar surface area (TPSA) is 92.9 Å². The smallest absolute Gasteiger partial charge is 0.295 e. The second kappa shape index (κ2) is 3.82. The van der Waals surface area contributed by atoms with Crippen molar-refractivity contribution in [3.8, 4) is 6.07 Å². The highest BCUT2D eigenvalue weighted by molar-refractivity contribution is 9.10. The molecule has 1 rings (SSSR count). The maximum atomic E-state index is 10.5. The molecule has 0 heterocycles. The monoisotopic (exact) mass is 275 g/mol. The van der Waals surface area contributed by atoms with E-state index < -0.39 is 4.92 Å². The zero-order chi connectivity index (χ0) is 10.9. The summed E-state index contributed by atoms with van der Waals surface area (Å²) in [6.45, 7) is 0. The van der Waals surface area contributed by atoms with Crippen LogP contribution >= 0.6 is 27.5 Å². The van der Waals surface area contributed by atoms with E-state index in [2.05, 4.69) is 15.9 Å². The van der Waals surface area contributed by atoms with Gasteiger partial charge >= 0.3 is 0 Å². The van der Waals surface area contributed by atoms with Gasteiger partial charge in [-0.05, 0) is 15.9 Å². The predicted octanol–water partition coefficient (Wildman–Crippen LogP) is 2.46. The highest BCUT2D eigenvalue weighted by Crippen LogP contribution is 2.37. The molecular formula is C7H3BrClN3O2. The Bertz CT molecular complexity index is 455. The van der Waals surface area contributed by atoms with Crippen molar-refractivity contribution in [3.63, 3.8) is 0 Å². The lowest BCUT2D eigenvalue weighted by Crippen LogP contribution is -1.98. The number of nitro groups is 1. The summed E-state index contributed by atoms with van der Waals surface area (Å²) in [5, 5.41) is 19.1. The lowest BCUT2D eigenvalue weighted by Gasteiger charge is -2.03. The molecule has 0 bridgehead atoms. The fourth-order valence-corrected chi connectivity index (χ4v) is 1.47. The Balaban J connectivity index is 3.59. The van der Waals surface area contributed by atoms with Crippen LogP contribution in [0.15, 0.2) is 10.5 Å². The van der Waals surface area contributed by atoms with Gasteiger partial charge in [0.2, 0.25) is 0 Å². The van der Waals surface area contributed by atoms with Crippen LogP contribution in [0, 0.1) is 21.4 Å². The van der Waals surface area contributed by atoms with Crippen LogP contribution in [0.2, 0.25) is 5.02 Å². The van der Waals surface area contributed by atoms with Crippen molar-refractivity contribution in [1.29, 1.82) is 5.26 Å². The minimum atomic E-state index is -0.686. The number of nitro benzene ring substituents is 1. The van der Waals surface area contributed by atoms with E-state index in [0.717, 1.165) is 6.07 Å². The van der Waals surface area contributed by atoms with Gasteiger partial charge in [0.1, 0.15) is 11.8 Å². The van der Waals surface area contributed by atoms with E-state index in [0.29, 0.717) is 0 Å². The first-order chi connectivity index (χ1) is 6.49. The summed E-state index contributed by atoms with van der Waals surface area (Å²) < 4.78 is 0.268. The van der Waals surface area contributed by atoms with E-state index in [4.69, 9.17) is 22.6 Å². The van der Waals surface area contributed by atoms with E-state index in [-0.39, 0.29) is 26.4 Å². The minimum absolute atomic E-state index is 0.0178. The van der Waals surface area contributed by atoms with Crippen LogP contribution in [-0.2, 0) is 0 Å². The van der Waals surface area contributed by atoms with Crippen LogP contribution in [0.25, 0.3) is 0 Å². The molecule has 0 fully saturated rings. The van der Waals surface area contributed by atoms with Gasteiger partial charge in [-0.2, -0.15) is 5.26 Å². The fraction of sp³-hybridized carbons (Fsp3) is 0. The third kappa shape index (κ3) is 1.64. The van der Waals surface area contributed by atoms with Gasteiger partial charge in [-0.1, -0.05) is 11.6 Å². The highest BCUT2D eigenvalue weighted by atomic mass is 79.9. The fourth-order valence-electron chi connectivity index (χ4n) is 0.859. The highest BCUT2D eigenvalue weighted by Gasteiger charge is 2.20. The number of nitrogens with two attached hydrogens (primary N) is 1. The SMILES string of the molecule is N#Cc1cc([N+](=O)[O-])c(N)c(Cl)c1Br. The molecule has 0 unspecified atom stereocenters. The van der Waals surface area contributed by atoms with Crippen LogP contribution in [0.5, 0.6) is 0 Å². The molecule has 1 aromatic rings. The number of halogens is 2. The molecule has 72 valence electrons. The molecule has 0 saturated carbocycles. The minimum Gasteiger partial charge on any atom is -0.392 e. The van der Waals surface area contributed by atoms with Crippen molar-refractivity contribution in [2.75, 3.05) is 5.73 Å². The molecule has 1 aromatic carbocycles. The predicted molar refractivity (Wildman–Crippen MR) is 54.9 cm³/mol. The average Bonchev–Trinajstić information content (AvgIpc) is 2.14. The van der Waals surface area contributed by atoms with Crippen molar-refractivity contribution in [1.82, 2.24) is 0 Å². The Morgan fingerprint density at radius 1 is 1.71 bits per heavy atom. The molecule has 0 spiro atoms. The standard InChI is InChI=1S/C7H3BrClN3O2/c8-5-3(2-10)1-4(12(13)14)7(11)6(5)9/h1H,11H2. The van der Waals surface area contributed by atoms with Gasteiger partial charge in [0, 0.05) is 6.07 Å². The summed E-state index contributed by atoms with van der Waals surface area (Å²) in [5.74, 6) is 0. The lowest BCUT2D eigenvalue weighted by atomic mass is 10.2. The van der Waals surface area contributed by atoms with E-state index in [1.54, 1.807) is 6.07 Å². The van der Waals surface area contributed by atoms with Crippen LogP contribution < -0.4 is 5.73 Å². The Morgan fingerprint density at radius 3 is 2.71 bits per heavy atom. The summed E-state index contributed by atoms with van der Waals surface area (Å²) in [7, 11) is 0. The van der Waals surface area contributed by atoms with Gasteiger partial charge in [0.25, 0.3) is 5.69 Å². The van der Waals surface area contributed by atoms with Crippen LogP contribution in [0.4, 0.5) is 11.4 Å². The second-order valence-electron chi connectivity index (χ2n) is 2.35. The largest absolute Gasteiger partial charge is 0.392 e. The molecule has 14 heavy (non-hydrogen) atoms. The van der Waals surface area contributed by atoms with Crippen molar-refractivity contribution < 1.29 is 4.92 Å². The van der Waals surface area contributed by atoms with Crippen molar-refractivity contribution >= 4 is 38.9 Å². The second-order valence-corrected chi connectivity index (χ2v) is 3.52. The summed E-state index contributed by atoms with van der Waals surface area (Å²) >= 11 is 8.70. The number of anilines is 1. The van der Waals surface area contributed by atoms with Crippen molar-refractivity contribution in [2.24, 2.45) is 0 Å². The molecule has 0 aromatic heterocycles. The summed E-state index contributed by atoms with van der Waals surface area (Å²) in [6, 6.07) is 2.84. The number of hydrogen-bond donors (Lipinski definition) is 1. The Morgan fingerprint density at radius 2 is 2.29 bits per heavy atom. The number of nitriles is 1. The molecule has 0 saturated heterocycles. The third-order valence-corrected chi connectivity index (χ3v) is 2.98. The first-order valence-electron chi connectivity index (χ1n) is 3.31. The first kappa shape index (κ1) is 10.8. The lowest BCUT2D eigenvalue weighted by molar-refractivity contribution is -0.383. The molecule has 0 radical (unpaired) electrons. The number of nitrogen functional groups attached to an aromatic ring is 1. The number of hydrogen-bond acceptors (Lipinski definition) is 4. The summed E-state index contributed by atoms with van der Waals surface area (Å²) in [4.78, 5) is 9.81. The normalized spacial score (nSPS) is 9.50. The van der Waals surface area contributed by atoms with Crippen molar-refractivity contribution in [3.05, 3.63) is 31.2 Å². The van der Waals surface area contributed by atoms with Gasteiger partial charge in [-0.25, -0.2) is 0 Å². The number of rotatable bonds is 1. The van der Waals surface area contributed by atoms with E-state index in [1.165, 1.54) is 0 Å². The van der Waals surface area contributed by atoms with Crippen LogP contribution in [0.3, 0.4) is 0 Å². The van der Waals surface area contributed by atoms with Gasteiger partial charge in [0.05, 0.1) is 20.0 Å². The van der Waals surface area contributed by atoms with E-state index in [9.17, 15) is 10.1 Å². The molecule has 0 atom stereocenters. The molecule has 0 aliphatic heterocycles. The van der Waals surface area contributed by atoms with Crippen LogP contribution in [-0.4, -0.2) is 4.92 Å². The van der Waals surface area contributed by atoms with E-state index in [1.807, 2.05) is 0 Å². The van der Waals surface area contributed by atoms with Gasteiger partial charge < -0.3 is 5.73 Å². The Labute approximate surface area is 92.4 Å². The maximum absolute atomic E-state index is 10.5. The van der Waals surface area contributed by atoms with Gasteiger partial charge in [-0.3, -0.25) is 10.1 Å². The zero-order valence-corrected chi connectivity index (χ0v) is 8.96. The van der Waals surface area contributed by atoms with E-state index >= 15 is 0 Å². The quantitative estimate of drug-likeness (QED) is 0.484. The number of nitrogens with zero attached hydrogens (tertiary/aromatic N) is 2. The van der Waals surface area contributed by atoms with Crippen LogP contribution in [0.1, 0.15) is 5.56 Å². The third-order valence-electron chi connectivity index (χ3n) is 1.54. The molecular weight excluding hydrogens is 273 g/mol.